The zero-order valence-corrected chi connectivity index (χ0v) is 7.72. The average Bonchev–Trinajstić information content (AvgIpc) is 1.35. The second-order valence-electron chi connectivity index (χ2n) is 2.48. The first-order valence-corrected chi connectivity index (χ1v) is 6.67. The van der Waals surface area contributed by atoms with Crippen molar-refractivity contribution in [1.82, 2.24) is 0 Å². The van der Waals surface area contributed by atoms with Gasteiger partial charge in [0.15, 0.2) is 0 Å². The monoisotopic (exact) mass is 158 g/mol. The summed E-state index contributed by atoms with van der Waals surface area (Å²) >= 11 is -0.292. The fourth-order valence-corrected chi connectivity index (χ4v) is 0. The number of rotatable bonds is 0. The van der Waals surface area contributed by atoms with Crippen molar-refractivity contribution in [2.24, 2.45) is 0 Å². The summed E-state index contributed by atoms with van der Waals surface area (Å²) < 4.78 is 0.513. The standard InChI is InChI=1S/C4H9.Ga.S/c1-4(2)3;;/h1-3H3;;. The molecule has 0 bridgehead atoms. The molecule has 0 heterocycles. The van der Waals surface area contributed by atoms with Crippen molar-refractivity contribution in [1.29, 1.82) is 0 Å². The number of hydrogen-bond donors (Lipinski definition) is 0. The minimum atomic E-state index is -0.292. The SMILES string of the molecule is C[C](C)(C)[Ga]=[S]. The molecule has 0 aliphatic carbocycles. The van der Waals surface area contributed by atoms with Crippen LogP contribution in [0.25, 0.3) is 0 Å². The molecule has 0 aliphatic rings. The van der Waals surface area contributed by atoms with Crippen molar-refractivity contribution in [3.05, 3.63) is 0 Å². The quantitative estimate of drug-likeness (QED) is 0.487. The molecule has 0 unspecified atom stereocenters. The van der Waals surface area contributed by atoms with Crippen LogP contribution in [-0.4, -0.2) is 15.6 Å². The maximum atomic E-state index is 4.95. The zero-order valence-electron chi connectivity index (χ0n) is 4.49. The molecule has 0 fully saturated rings. The van der Waals surface area contributed by atoms with Gasteiger partial charge >= 0.3 is 50.4 Å². The third-order valence-corrected chi connectivity index (χ3v) is 5.51. The average molecular weight is 159 g/mol. The Morgan fingerprint density at radius 1 is 1.33 bits per heavy atom. The van der Waals surface area contributed by atoms with Gasteiger partial charge in [-0.05, 0) is 0 Å². The van der Waals surface area contributed by atoms with Crippen LogP contribution in [0.4, 0.5) is 0 Å². The second-order valence-corrected chi connectivity index (χ2v) is 7.84. The normalized spacial score (nSPS) is 10.5. The van der Waals surface area contributed by atoms with Crippen LogP contribution < -0.4 is 0 Å². The summed E-state index contributed by atoms with van der Waals surface area (Å²) in [7, 11) is 4.95. The van der Waals surface area contributed by atoms with Gasteiger partial charge < -0.3 is 0 Å². The van der Waals surface area contributed by atoms with E-state index in [4.69, 9.17) is 10.1 Å². The molecule has 0 aromatic heterocycles. The predicted octanol–water partition coefficient (Wildman–Crippen LogP) is 2.02. The van der Waals surface area contributed by atoms with Gasteiger partial charge in [-0.1, -0.05) is 0 Å². The third-order valence-electron chi connectivity index (χ3n) is 0.354. The molecule has 0 atom stereocenters. The first-order valence-electron chi connectivity index (χ1n) is 2.02. The second kappa shape index (κ2) is 2.24. The van der Waals surface area contributed by atoms with E-state index in [1.807, 2.05) is 0 Å². The maximum absolute atomic E-state index is 4.95. The third kappa shape index (κ3) is 4.86. The Hall–Kier alpha value is 0.856. The van der Waals surface area contributed by atoms with Gasteiger partial charge in [-0.2, -0.15) is 0 Å². The van der Waals surface area contributed by atoms with Gasteiger partial charge in [0.05, 0.1) is 0 Å². The Morgan fingerprint density at radius 2 is 1.50 bits per heavy atom. The van der Waals surface area contributed by atoms with Gasteiger partial charge in [-0.15, -0.1) is 0 Å². The summed E-state index contributed by atoms with van der Waals surface area (Å²) in [4.78, 5) is 0. The molecule has 2 heteroatoms. The van der Waals surface area contributed by atoms with E-state index in [0.29, 0.717) is 3.97 Å². The van der Waals surface area contributed by atoms with Gasteiger partial charge in [0.1, 0.15) is 0 Å². The summed E-state index contributed by atoms with van der Waals surface area (Å²) in [5, 5.41) is 0. The summed E-state index contributed by atoms with van der Waals surface area (Å²) in [6.45, 7) is 6.62. The van der Waals surface area contributed by atoms with E-state index in [2.05, 4.69) is 20.8 Å². The predicted molar refractivity (Wildman–Crippen MR) is 33.1 cm³/mol. The van der Waals surface area contributed by atoms with Crippen LogP contribution in [0.3, 0.4) is 0 Å². The summed E-state index contributed by atoms with van der Waals surface area (Å²) in [5.74, 6) is 0. The molecule has 0 amide bonds. The zero-order chi connectivity index (χ0) is 5.21. The van der Waals surface area contributed by atoms with Crippen molar-refractivity contribution >= 4 is 25.7 Å². The van der Waals surface area contributed by atoms with Crippen LogP contribution in [0.1, 0.15) is 20.8 Å². The Bertz CT molecular complexity index is 53.1. The number of hydrogen-bond acceptors (Lipinski definition) is 1. The molecule has 0 nitrogen and oxygen atoms in total. The van der Waals surface area contributed by atoms with E-state index < -0.39 is 0 Å². The topological polar surface area (TPSA) is 0 Å². The fourth-order valence-electron chi connectivity index (χ4n) is 0. The van der Waals surface area contributed by atoms with Crippen LogP contribution in [0.15, 0.2) is 0 Å². The Kier molecular flexibility index (Phi) is 2.56. The molecular weight excluding hydrogens is 150 g/mol. The van der Waals surface area contributed by atoms with Crippen molar-refractivity contribution in [3.63, 3.8) is 0 Å². The van der Waals surface area contributed by atoms with Gasteiger partial charge in [-0.3, -0.25) is 0 Å². The summed E-state index contributed by atoms with van der Waals surface area (Å²) in [6, 6.07) is 0. The van der Waals surface area contributed by atoms with Crippen LogP contribution >= 0.6 is 10.1 Å². The fraction of sp³-hybridized carbons (Fsp3) is 1.00. The molecule has 0 aromatic rings. The first kappa shape index (κ1) is 6.86. The van der Waals surface area contributed by atoms with Crippen LogP contribution in [0, 0.1) is 0 Å². The molecule has 34 valence electrons. The Balaban J connectivity index is 3.45. The van der Waals surface area contributed by atoms with Gasteiger partial charge in [0.25, 0.3) is 0 Å². The Labute approximate surface area is 50.7 Å². The molecule has 0 spiro atoms. The summed E-state index contributed by atoms with van der Waals surface area (Å²) in [6.07, 6.45) is 0. The molecule has 0 aliphatic heterocycles. The van der Waals surface area contributed by atoms with E-state index in [1.165, 1.54) is 0 Å². The minimum absolute atomic E-state index is 0.292. The van der Waals surface area contributed by atoms with E-state index in [-0.39, 0.29) is 15.6 Å². The van der Waals surface area contributed by atoms with E-state index in [0.717, 1.165) is 0 Å². The molecule has 0 saturated heterocycles. The van der Waals surface area contributed by atoms with E-state index >= 15 is 0 Å². The molecule has 0 aromatic carbocycles. The molecule has 0 radical (unpaired) electrons. The molecule has 0 N–H and O–H groups in total. The van der Waals surface area contributed by atoms with Crippen molar-refractivity contribution in [3.8, 4) is 0 Å². The van der Waals surface area contributed by atoms with Crippen LogP contribution in [0.2, 0.25) is 3.97 Å². The van der Waals surface area contributed by atoms with E-state index in [9.17, 15) is 0 Å². The van der Waals surface area contributed by atoms with Crippen molar-refractivity contribution in [2.45, 2.75) is 24.7 Å². The molecule has 0 rings (SSSR count). The van der Waals surface area contributed by atoms with Gasteiger partial charge in [-0.25, -0.2) is 0 Å². The molecular formula is C4H9GaS. The molecule has 0 saturated carbocycles. The first-order chi connectivity index (χ1) is 2.56. The van der Waals surface area contributed by atoms with Crippen LogP contribution in [-0.2, 0) is 0 Å². The van der Waals surface area contributed by atoms with Gasteiger partial charge in [0, 0.05) is 0 Å². The Morgan fingerprint density at radius 3 is 1.50 bits per heavy atom. The van der Waals surface area contributed by atoms with Crippen molar-refractivity contribution in [2.75, 3.05) is 0 Å². The molecule has 6 heavy (non-hydrogen) atoms. The summed E-state index contributed by atoms with van der Waals surface area (Å²) in [5.41, 5.74) is 0. The van der Waals surface area contributed by atoms with E-state index in [1.54, 1.807) is 0 Å². The van der Waals surface area contributed by atoms with Crippen LogP contribution in [0.5, 0.6) is 0 Å². The van der Waals surface area contributed by atoms with Gasteiger partial charge in [0.2, 0.25) is 0 Å². The van der Waals surface area contributed by atoms with Crippen molar-refractivity contribution < 1.29 is 0 Å².